The molecule has 4 rings (SSSR count). The van der Waals surface area contributed by atoms with Gasteiger partial charge in [-0.1, -0.05) is 6.07 Å². The van der Waals surface area contributed by atoms with E-state index in [0.717, 1.165) is 42.8 Å². The summed E-state index contributed by atoms with van der Waals surface area (Å²) in [7, 11) is 2.04. The number of hydrogen-bond donors (Lipinski definition) is 0. The molecular formula is C17H17FN4. The number of rotatable bonds is 2. The summed E-state index contributed by atoms with van der Waals surface area (Å²) < 4.78 is 16.0. The fourth-order valence-electron chi connectivity index (χ4n) is 3.21. The molecule has 0 N–H and O–H groups in total. The fourth-order valence-corrected chi connectivity index (χ4v) is 3.21. The topological polar surface area (TPSA) is 34.0 Å². The molecule has 2 aromatic heterocycles. The van der Waals surface area contributed by atoms with Crippen LogP contribution in [0.15, 0.2) is 36.8 Å². The number of aryl methyl sites for hydroxylation is 1. The Morgan fingerprint density at radius 3 is 3.05 bits per heavy atom. The van der Waals surface area contributed by atoms with Crippen LogP contribution in [-0.4, -0.2) is 26.0 Å². The molecule has 0 saturated carbocycles. The largest absolute Gasteiger partial charge is 0.337 e. The van der Waals surface area contributed by atoms with Crippen LogP contribution in [0.5, 0.6) is 0 Å². The Bertz CT molecular complexity index is 840. The summed E-state index contributed by atoms with van der Waals surface area (Å²) in [6.45, 7) is 2.59. The van der Waals surface area contributed by atoms with Gasteiger partial charge in [0.15, 0.2) is 0 Å². The van der Waals surface area contributed by atoms with Crippen molar-refractivity contribution in [3.05, 3.63) is 59.6 Å². The van der Waals surface area contributed by atoms with Crippen molar-refractivity contribution in [2.75, 3.05) is 6.54 Å². The molecule has 3 heterocycles. The number of fused-ring (bicyclic) bond motifs is 2. The van der Waals surface area contributed by atoms with E-state index in [4.69, 9.17) is 0 Å². The second-order valence-corrected chi connectivity index (χ2v) is 5.82. The van der Waals surface area contributed by atoms with E-state index in [2.05, 4.69) is 19.4 Å². The quantitative estimate of drug-likeness (QED) is 0.729. The molecule has 0 fully saturated rings. The highest BCUT2D eigenvalue weighted by Gasteiger charge is 2.20. The van der Waals surface area contributed by atoms with E-state index in [-0.39, 0.29) is 5.82 Å². The van der Waals surface area contributed by atoms with Crippen molar-refractivity contribution in [2.24, 2.45) is 7.05 Å². The first-order chi connectivity index (χ1) is 10.7. The Morgan fingerprint density at radius 1 is 1.23 bits per heavy atom. The van der Waals surface area contributed by atoms with Gasteiger partial charge in [-0.25, -0.2) is 9.37 Å². The maximum absolute atomic E-state index is 13.9. The lowest BCUT2D eigenvalue weighted by molar-refractivity contribution is 0.241. The predicted octanol–water partition coefficient (Wildman–Crippen LogP) is 2.67. The van der Waals surface area contributed by atoms with Gasteiger partial charge >= 0.3 is 0 Å². The minimum atomic E-state index is -0.211. The van der Waals surface area contributed by atoms with Gasteiger partial charge in [-0.3, -0.25) is 9.88 Å². The standard InChI is InChI=1S/C17H17FN4/c1-21-11-20-15-10-22(8-6-16(15)21)9-12-4-5-14(18)13-3-2-7-19-17(12)13/h2-5,7,11H,6,8-10H2,1H3. The van der Waals surface area contributed by atoms with Crippen LogP contribution in [0.25, 0.3) is 10.9 Å². The molecule has 0 atom stereocenters. The van der Waals surface area contributed by atoms with Gasteiger partial charge in [-0.15, -0.1) is 0 Å². The van der Waals surface area contributed by atoms with Crippen LogP contribution in [0, 0.1) is 5.82 Å². The molecule has 22 heavy (non-hydrogen) atoms. The van der Waals surface area contributed by atoms with Gasteiger partial charge in [-0.05, 0) is 23.8 Å². The molecule has 1 aromatic carbocycles. The van der Waals surface area contributed by atoms with E-state index in [0.29, 0.717) is 5.39 Å². The van der Waals surface area contributed by atoms with E-state index in [1.54, 1.807) is 18.3 Å². The Balaban J connectivity index is 1.64. The zero-order chi connectivity index (χ0) is 15.1. The average molecular weight is 296 g/mol. The summed E-state index contributed by atoms with van der Waals surface area (Å²) in [5, 5.41) is 0.593. The second kappa shape index (κ2) is 5.18. The normalized spacial score (nSPS) is 15.2. The second-order valence-electron chi connectivity index (χ2n) is 5.82. The number of hydrogen-bond acceptors (Lipinski definition) is 3. The monoisotopic (exact) mass is 296 g/mol. The lowest BCUT2D eigenvalue weighted by Gasteiger charge is -2.27. The zero-order valence-electron chi connectivity index (χ0n) is 12.5. The Labute approximate surface area is 128 Å². The summed E-state index contributed by atoms with van der Waals surface area (Å²) >= 11 is 0. The minimum Gasteiger partial charge on any atom is -0.337 e. The fraction of sp³-hybridized carbons (Fsp3) is 0.294. The van der Waals surface area contributed by atoms with Gasteiger partial charge in [0, 0.05) is 50.4 Å². The Morgan fingerprint density at radius 2 is 2.14 bits per heavy atom. The van der Waals surface area contributed by atoms with Gasteiger partial charge in [-0.2, -0.15) is 0 Å². The van der Waals surface area contributed by atoms with Crippen molar-refractivity contribution < 1.29 is 4.39 Å². The van der Waals surface area contributed by atoms with Crippen LogP contribution in [0.4, 0.5) is 4.39 Å². The summed E-state index contributed by atoms with van der Waals surface area (Å²) in [6.07, 6.45) is 4.60. The SMILES string of the molecule is Cn1cnc2c1CCN(Cc1ccc(F)c3cccnc13)C2. The molecule has 0 spiro atoms. The molecular weight excluding hydrogens is 279 g/mol. The van der Waals surface area contributed by atoms with Crippen LogP contribution in [-0.2, 0) is 26.6 Å². The zero-order valence-corrected chi connectivity index (χ0v) is 12.5. The molecule has 0 aliphatic carbocycles. The molecule has 112 valence electrons. The number of nitrogens with zero attached hydrogens (tertiary/aromatic N) is 4. The van der Waals surface area contributed by atoms with E-state index in [1.165, 1.54) is 11.8 Å². The number of halogens is 1. The first kappa shape index (κ1) is 13.4. The summed E-state index contributed by atoms with van der Waals surface area (Å²) in [5.41, 5.74) is 4.29. The van der Waals surface area contributed by atoms with E-state index in [1.807, 2.05) is 19.4 Å². The van der Waals surface area contributed by atoms with Gasteiger partial charge < -0.3 is 4.57 Å². The Kier molecular flexibility index (Phi) is 3.15. The third-order valence-electron chi connectivity index (χ3n) is 4.38. The van der Waals surface area contributed by atoms with Crippen molar-refractivity contribution in [2.45, 2.75) is 19.5 Å². The molecule has 4 nitrogen and oxygen atoms in total. The first-order valence-corrected chi connectivity index (χ1v) is 7.46. The molecule has 0 saturated heterocycles. The molecule has 0 radical (unpaired) electrons. The highest BCUT2D eigenvalue weighted by atomic mass is 19.1. The molecule has 0 bridgehead atoms. The third kappa shape index (κ3) is 2.18. The van der Waals surface area contributed by atoms with E-state index in [9.17, 15) is 4.39 Å². The number of imidazole rings is 1. The van der Waals surface area contributed by atoms with Crippen LogP contribution < -0.4 is 0 Å². The van der Waals surface area contributed by atoms with Crippen LogP contribution in [0.3, 0.4) is 0 Å². The van der Waals surface area contributed by atoms with Crippen molar-refractivity contribution >= 4 is 10.9 Å². The Hall–Kier alpha value is -2.27. The van der Waals surface area contributed by atoms with E-state index >= 15 is 0 Å². The highest BCUT2D eigenvalue weighted by molar-refractivity contribution is 5.82. The molecule has 5 heteroatoms. The lowest BCUT2D eigenvalue weighted by atomic mass is 10.1. The van der Waals surface area contributed by atoms with Crippen molar-refractivity contribution in [3.8, 4) is 0 Å². The molecule has 3 aromatic rings. The third-order valence-corrected chi connectivity index (χ3v) is 4.38. The minimum absolute atomic E-state index is 0.211. The summed E-state index contributed by atoms with van der Waals surface area (Å²) in [4.78, 5) is 11.2. The van der Waals surface area contributed by atoms with Crippen molar-refractivity contribution in [1.29, 1.82) is 0 Å². The smallest absolute Gasteiger partial charge is 0.132 e. The molecule has 1 aliphatic heterocycles. The van der Waals surface area contributed by atoms with Gasteiger partial charge in [0.25, 0.3) is 0 Å². The van der Waals surface area contributed by atoms with Crippen LogP contribution >= 0.6 is 0 Å². The average Bonchev–Trinajstić information content (AvgIpc) is 2.91. The van der Waals surface area contributed by atoms with E-state index < -0.39 is 0 Å². The van der Waals surface area contributed by atoms with Crippen molar-refractivity contribution in [1.82, 2.24) is 19.4 Å². The van der Waals surface area contributed by atoms with Gasteiger partial charge in [0.05, 0.1) is 17.5 Å². The summed E-state index contributed by atoms with van der Waals surface area (Å²) in [6, 6.07) is 6.94. The maximum atomic E-state index is 13.9. The summed E-state index contributed by atoms with van der Waals surface area (Å²) in [5.74, 6) is -0.211. The van der Waals surface area contributed by atoms with Gasteiger partial charge in [0.1, 0.15) is 5.82 Å². The maximum Gasteiger partial charge on any atom is 0.132 e. The lowest BCUT2D eigenvalue weighted by Crippen LogP contribution is -2.30. The number of pyridine rings is 1. The van der Waals surface area contributed by atoms with Crippen molar-refractivity contribution in [3.63, 3.8) is 0 Å². The van der Waals surface area contributed by atoms with Gasteiger partial charge in [0.2, 0.25) is 0 Å². The predicted molar refractivity (Wildman–Crippen MR) is 82.7 cm³/mol. The van der Waals surface area contributed by atoms with Crippen LogP contribution in [0.1, 0.15) is 17.0 Å². The molecule has 0 unspecified atom stereocenters. The highest BCUT2D eigenvalue weighted by Crippen LogP contribution is 2.23. The molecule has 0 amide bonds. The molecule has 1 aliphatic rings. The first-order valence-electron chi connectivity index (χ1n) is 7.46. The van der Waals surface area contributed by atoms with Crippen LogP contribution in [0.2, 0.25) is 0 Å². The number of benzene rings is 1. The number of aromatic nitrogens is 3.